The Hall–Kier alpha value is -2.95. The molecular formula is C19H19FN4. The Morgan fingerprint density at radius 1 is 1.00 bits per heavy atom. The number of hydrogen-bond donors (Lipinski definition) is 2. The molecule has 0 spiro atoms. The third-order valence-corrected chi connectivity index (χ3v) is 3.72. The lowest BCUT2D eigenvalue weighted by Crippen LogP contribution is -2.10. The van der Waals surface area contributed by atoms with Crippen LogP contribution >= 0.6 is 0 Å². The number of rotatable bonds is 6. The highest BCUT2D eigenvalue weighted by Crippen LogP contribution is 2.16. The van der Waals surface area contributed by atoms with Crippen LogP contribution in [0.4, 0.5) is 16.2 Å². The molecule has 0 atom stereocenters. The van der Waals surface area contributed by atoms with Crippen molar-refractivity contribution in [2.45, 2.75) is 12.8 Å². The van der Waals surface area contributed by atoms with E-state index in [4.69, 9.17) is 5.73 Å². The number of hydrogen-bond acceptors (Lipinski definition) is 4. The van der Waals surface area contributed by atoms with Crippen LogP contribution in [0, 0.1) is 5.82 Å². The molecule has 0 fully saturated rings. The molecule has 0 aliphatic carbocycles. The van der Waals surface area contributed by atoms with E-state index in [-0.39, 0.29) is 5.82 Å². The number of benzene rings is 2. The largest absolute Gasteiger partial charge is 0.383 e. The molecule has 3 aromatic rings. The molecule has 0 aliphatic rings. The topological polar surface area (TPSA) is 63.8 Å². The third kappa shape index (κ3) is 4.29. The SMILES string of the molecule is Nc1nc(NCCc2ccccc2)ncc1Cc1cccc(F)c1. The second-order valence-corrected chi connectivity index (χ2v) is 5.57. The molecular weight excluding hydrogens is 303 g/mol. The van der Waals surface area contributed by atoms with Gasteiger partial charge in [0.05, 0.1) is 0 Å². The maximum Gasteiger partial charge on any atom is 0.224 e. The highest BCUT2D eigenvalue weighted by molar-refractivity contribution is 5.45. The fraction of sp³-hybridized carbons (Fsp3) is 0.158. The lowest BCUT2D eigenvalue weighted by molar-refractivity contribution is 0.626. The van der Waals surface area contributed by atoms with Gasteiger partial charge in [-0.2, -0.15) is 4.98 Å². The van der Waals surface area contributed by atoms with Crippen LogP contribution in [0.25, 0.3) is 0 Å². The predicted octanol–water partition coefficient (Wildman–Crippen LogP) is 3.44. The van der Waals surface area contributed by atoms with Gasteiger partial charge in [0, 0.05) is 24.7 Å². The van der Waals surface area contributed by atoms with Crippen molar-refractivity contribution in [3.63, 3.8) is 0 Å². The van der Waals surface area contributed by atoms with Crippen molar-refractivity contribution in [1.29, 1.82) is 0 Å². The number of nitrogen functional groups attached to an aromatic ring is 1. The molecule has 0 amide bonds. The van der Waals surface area contributed by atoms with Gasteiger partial charge < -0.3 is 11.1 Å². The smallest absolute Gasteiger partial charge is 0.224 e. The normalized spacial score (nSPS) is 10.5. The van der Waals surface area contributed by atoms with Gasteiger partial charge in [-0.05, 0) is 29.7 Å². The Morgan fingerprint density at radius 3 is 2.54 bits per heavy atom. The number of aromatic nitrogens is 2. The molecule has 3 N–H and O–H groups in total. The van der Waals surface area contributed by atoms with Crippen LogP contribution in [-0.2, 0) is 12.8 Å². The van der Waals surface area contributed by atoms with Crippen LogP contribution in [0.5, 0.6) is 0 Å². The van der Waals surface area contributed by atoms with Crippen molar-refractivity contribution in [3.05, 3.63) is 83.3 Å². The summed E-state index contributed by atoms with van der Waals surface area (Å²) in [7, 11) is 0. The number of halogens is 1. The minimum absolute atomic E-state index is 0.258. The van der Waals surface area contributed by atoms with E-state index in [0.717, 1.165) is 24.1 Å². The Balaban J connectivity index is 1.60. The first-order chi connectivity index (χ1) is 11.7. The average molecular weight is 322 g/mol. The summed E-state index contributed by atoms with van der Waals surface area (Å²) in [6.07, 6.45) is 3.08. The predicted molar refractivity (Wildman–Crippen MR) is 94.3 cm³/mol. The first-order valence-corrected chi connectivity index (χ1v) is 7.84. The standard InChI is InChI=1S/C19H19FN4/c20-17-8-4-7-15(12-17)11-16-13-23-19(24-18(16)21)22-10-9-14-5-2-1-3-6-14/h1-8,12-13H,9-11H2,(H3,21,22,23,24). The molecule has 24 heavy (non-hydrogen) atoms. The van der Waals surface area contributed by atoms with E-state index in [1.807, 2.05) is 24.3 Å². The number of nitrogens with zero attached hydrogens (tertiary/aromatic N) is 2. The van der Waals surface area contributed by atoms with E-state index in [1.165, 1.54) is 17.7 Å². The van der Waals surface area contributed by atoms with Gasteiger partial charge in [0.2, 0.25) is 5.95 Å². The van der Waals surface area contributed by atoms with Crippen molar-refractivity contribution in [2.24, 2.45) is 0 Å². The van der Waals surface area contributed by atoms with Crippen LogP contribution in [0.2, 0.25) is 0 Å². The molecule has 0 aliphatic heterocycles. The molecule has 0 saturated heterocycles. The summed E-state index contributed by atoms with van der Waals surface area (Å²) < 4.78 is 13.2. The second-order valence-electron chi connectivity index (χ2n) is 5.57. The summed E-state index contributed by atoms with van der Waals surface area (Å²) in [6, 6.07) is 16.6. The number of nitrogens with one attached hydrogen (secondary N) is 1. The molecule has 4 nitrogen and oxygen atoms in total. The lowest BCUT2D eigenvalue weighted by Gasteiger charge is -2.09. The minimum atomic E-state index is -0.258. The quantitative estimate of drug-likeness (QED) is 0.730. The van der Waals surface area contributed by atoms with E-state index in [2.05, 4.69) is 27.4 Å². The van der Waals surface area contributed by atoms with Crippen LogP contribution in [0.3, 0.4) is 0 Å². The summed E-state index contributed by atoms with van der Waals surface area (Å²) in [4.78, 5) is 8.58. The monoisotopic (exact) mass is 322 g/mol. The van der Waals surface area contributed by atoms with Crippen LogP contribution in [0.15, 0.2) is 60.8 Å². The average Bonchev–Trinajstić information content (AvgIpc) is 2.58. The zero-order valence-corrected chi connectivity index (χ0v) is 13.2. The molecule has 2 aromatic carbocycles. The maximum absolute atomic E-state index is 13.2. The van der Waals surface area contributed by atoms with Gasteiger partial charge in [-0.15, -0.1) is 0 Å². The first kappa shape index (κ1) is 15.9. The van der Waals surface area contributed by atoms with Crippen molar-refractivity contribution in [3.8, 4) is 0 Å². The van der Waals surface area contributed by atoms with Crippen molar-refractivity contribution in [1.82, 2.24) is 9.97 Å². The summed E-state index contributed by atoms with van der Waals surface area (Å²) >= 11 is 0. The maximum atomic E-state index is 13.2. The van der Waals surface area contributed by atoms with E-state index in [9.17, 15) is 4.39 Å². The zero-order chi connectivity index (χ0) is 16.8. The Kier molecular flexibility index (Phi) is 5.01. The van der Waals surface area contributed by atoms with Gasteiger partial charge >= 0.3 is 0 Å². The van der Waals surface area contributed by atoms with Gasteiger partial charge in [-0.25, -0.2) is 9.37 Å². The Labute approximate surface area is 140 Å². The lowest BCUT2D eigenvalue weighted by atomic mass is 10.1. The third-order valence-electron chi connectivity index (χ3n) is 3.72. The fourth-order valence-electron chi connectivity index (χ4n) is 2.47. The molecule has 122 valence electrons. The van der Waals surface area contributed by atoms with Crippen molar-refractivity contribution in [2.75, 3.05) is 17.6 Å². The van der Waals surface area contributed by atoms with Gasteiger partial charge in [-0.3, -0.25) is 0 Å². The molecule has 0 unspecified atom stereocenters. The van der Waals surface area contributed by atoms with Gasteiger partial charge in [-0.1, -0.05) is 42.5 Å². The molecule has 1 heterocycles. The first-order valence-electron chi connectivity index (χ1n) is 7.84. The Morgan fingerprint density at radius 2 is 1.79 bits per heavy atom. The van der Waals surface area contributed by atoms with Gasteiger partial charge in [0.1, 0.15) is 11.6 Å². The molecule has 3 rings (SSSR count). The van der Waals surface area contributed by atoms with Crippen molar-refractivity contribution >= 4 is 11.8 Å². The second kappa shape index (κ2) is 7.55. The molecule has 0 bridgehead atoms. The summed E-state index contributed by atoms with van der Waals surface area (Å²) in [5.74, 6) is 0.661. The minimum Gasteiger partial charge on any atom is -0.383 e. The number of nitrogens with two attached hydrogens (primary N) is 1. The van der Waals surface area contributed by atoms with Crippen LogP contribution < -0.4 is 11.1 Å². The Bertz CT molecular complexity index is 805. The molecule has 1 aromatic heterocycles. The van der Waals surface area contributed by atoms with Crippen LogP contribution in [-0.4, -0.2) is 16.5 Å². The van der Waals surface area contributed by atoms with E-state index >= 15 is 0 Å². The molecule has 0 saturated carbocycles. The van der Waals surface area contributed by atoms with Crippen molar-refractivity contribution < 1.29 is 4.39 Å². The summed E-state index contributed by atoms with van der Waals surface area (Å²) in [6.45, 7) is 0.729. The summed E-state index contributed by atoms with van der Waals surface area (Å²) in [5.41, 5.74) is 8.88. The van der Waals surface area contributed by atoms with E-state index in [1.54, 1.807) is 12.3 Å². The zero-order valence-electron chi connectivity index (χ0n) is 13.2. The molecule has 0 radical (unpaired) electrons. The van der Waals surface area contributed by atoms with Gasteiger partial charge in [0.15, 0.2) is 0 Å². The van der Waals surface area contributed by atoms with Gasteiger partial charge in [0.25, 0.3) is 0 Å². The molecule has 5 heteroatoms. The highest BCUT2D eigenvalue weighted by Gasteiger charge is 2.06. The number of anilines is 2. The highest BCUT2D eigenvalue weighted by atomic mass is 19.1. The van der Waals surface area contributed by atoms with E-state index in [0.29, 0.717) is 18.2 Å². The summed E-state index contributed by atoms with van der Waals surface area (Å²) in [5, 5.41) is 3.17. The fourth-order valence-corrected chi connectivity index (χ4v) is 2.47. The van der Waals surface area contributed by atoms with Crippen LogP contribution in [0.1, 0.15) is 16.7 Å². The van der Waals surface area contributed by atoms with E-state index < -0.39 is 0 Å².